The molecule has 0 aliphatic rings. The highest BCUT2D eigenvalue weighted by Crippen LogP contribution is 2.16. The lowest BCUT2D eigenvalue weighted by atomic mass is 10.3. The minimum atomic E-state index is -0.124. The van der Waals surface area contributed by atoms with Crippen LogP contribution in [-0.2, 0) is 9.53 Å². The summed E-state index contributed by atoms with van der Waals surface area (Å²) in [6.45, 7) is 3.87. The summed E-state index contributed by atoms with van der Waals surface area (Å²) >= 11 is 0. The molecule has 0 fully saturated rings. The Hall–Kier alpha value is -2.73. The van der Waals surface area contributed by atoms with Gasteiger partial charge in [0.05, 0.1) is 20.3 Å². The number of nitrogens with one attached hydrogen (secondary N) is 2. The Morgan fingerprint density at radius 2 is 1.56 bits per heavy atom. The Kier molecular flexibility index (Phi) is 7.59. The third-order valence-electron chi connectivity index (χ3n) is 3.38. The van der Waals surface area contributed by atoms with Crippen molar-refractivity contribution in [3.8, 4) is 11.5 Å². The van der Waals surface area contributed by atoms with Crippen LogP contribution in [0.3, 0.4) is 0 Å². The van der Waals surface area contributed by atoms with Gasteiger partial charge in [0.15, 0.2) is 0 Å². The second-order valence-electron chi connectivity index (χ2n) is 5.20. The van der Waals surface area contributed by atoms with E-state index in [4.69, 9.17) is 14.2 Å². The molecule has 0 spiro atoms. The molecule has 0 radical (unpaired) electrons. The van der Waals surface area contributed by atoms with E-state index in [2.05, 4.69) is 10.6 Å². The fourth-order valence-corrected chi connectivity index (χ4v) is 2.09. The van der Waals surface area contributed by atoms with E-state index in [-0.39, 0.29) is 12.5 Å². The summed E-state index contributed by atoms with van der Waals surface area (Å²) in [5, 5.41) is 5.89. The van der Waals surface area contributed by atoms with Crippen LogP contribution in [0.5, 0.6) is 11.5 Å². The topological polar surface area (TPSA) is 68.8 Å². The van der Waals surface area contributed by atoms with Gasteiger partial charge in [-0.3, -0.25) is 4.79 Å². The zero-order valence-corrected chi connectivity index (χ0v) is 14.6. The highest BCUT2D eigenvalue weighted by atomic mass is 16.5. The molecule has 0 saturated carbocycles. The SMILES string of the molecule is CCOCCOc1ccc(NC(=O)CNc2ccc(OC)cc2)cc1. The van der Waals surface area contributed by atoms with Crippen LogP contribution < -0.4 is 20.1 Å². The van der Waals surface area contributed by atoms with Crippen molar-refractivity contribution in [2.75, 3.05) is 44.1 Å². The summed E-state index contributed by atoms with van der Waals surface area (Å²) in [5.74, 6) is 1.40. The fourth-order valence-electron chi connectivity index (χ4n) is 2.09. The van der Waals surface area contributed by atoms with Crippen LogP contribution in [0.15, 0.2) is 48.5 Å². The number of amides is 1. The number of methoxy groups -OCH3 is 1. The zero-order chi connectivity index (χ0) is 17.9. The zero-order valence-electron chi connectivity index (χ0n) is 14.6. The Labute approximate surface area is 148 Å². The van der Waals surface area contributed by atoms with Gasteiger partial charge < -0.3 is 24.8 Å². The van der Waals surface area contributed by atoms with Crippen LogP contribution in [0.25, 0.3) is 0 Å². The predicted octanol–water partition coefficient (Wildman–Crippen LogP) is 3.16. The molecule has 2 N–H and O–H groups in total. The second kappa shape index (κ2) is 10.2. The van der Waals surface area contributed by atoms with Gasteiger partial charge in [-0.05, 0) is 55.5 Å². The molecule has 2 aromatic rings. The standard InChI is InChI=1S/C19H24N2O4/c1-3-24-12-13-25-18-10-6-16(7-11-18)21-19(22)14-20-15-4-8-17(23-2)9-5-15/h4-11,20H,3,12-14H2,1-2H3,(H,21,22). The maximum Gasteiger partial charge on any atom is 0.243 e. The number of hydrogen-bond acceptors (Lipinski definition) is 5. The Bertz CT molecular complexity index is 641. The molecule has 2 rings (SSSR count). The van der Waals surface area contributed by atoms with Crippen molar-refractivity contribution in [2.45, 2.75) is 6.92 Å². The number of anilines is 2. The first kappa shape index (κ1) is 18.6. The average Bonchev–Trinajstić information content (AvgIpc) is 2.65. The van der Waals surface area contributed by atoms with Crippen molar-refractivity contribution in [1.29, 1.82) is 0 Å². The number of hydrogen-bond donors (Lipinski definition) is 2. The van der Waals surface area contributed by atoms with Crippen LogP contribution in [0, 0.1) is 0 Å². The molecule has 0 aromatic heterocycles. The van der Waals surface area contributed by atoms with Crippen LogP contribution in [-0.4, -0.2) is 39.4 Å². The summed E-state index contributed by atoms with van der Waals surface area (Å²) in [7, 11) is 1.62. The monoisotopic (exact) mass is 344 g/mol. The molecule has 0 saturated heterocycles. The number of rotatable bonds is 10. The van der Waals surface area contributed by atoms with Crippen LogP contribution >= 0.6 is 0 Å². The predicted molar refractivity (Wildman–Crippen MR) is 98.5 cm³/mol. The molecule has 0 aliphatic heterocycles. The van der Waals surface area contributed by atoms with Crippen LogP contribution in [0.4, 0.5) is 11.4 Å². The molecule has 0 aliphatic carbocycles. The van der Waals surface area contributed by atoms with Gasteiger partial charge in [-0.2, -0.15) is 0 Å². The van der Waals surface area contributed by atoms with Crippen LogP contribution in [0.1, 0.15) is 6.92 Å². The van der Waals surface area contributed by atoms with Crippen molar-refractivity contribution in [3.63, 3.8) is 0 Å². The number of carbonyl (C=O) groups excluding carboxylic acids is 1. The number of ether oxygens (including phenoxy) is 3. The molecule has 0 heterocycles. The third kappa shape index (κ3) is 6.73. The molecule has 134 valence electrons. The molecule has 25 heavy (non-hydrogen) atoms. The summed E-state index contributed by atoms with van der Waals surface area (Å²) in [6.07, 6.45) is 0. The smallest absolute Gasteiger partial charge is 0.243 e. The quantitative estimate of drug-likeness (QED) is 0.648. The Balaban J connectivity index is 1.74. The van der Waals surface area contributed by atoms with E-state index >= 15 is 0 Å². The first-order chi connectivity index (χ1) is 12.2. The maximum atomic E-state index is 12.0. The van der Waals surface area contributed by atoms with Gasteiger partial charge in [0.1, 0.15) is 18.1 Å². The molecular formula is C19H24N2O4. The molecule has 6 nitrogen and oxygen atoms in total. The first-order valence-corrected chi connectivity index (χ1v) is 8.19. The Morgan fingerprint density at radius 1 is 0.920 bits per heavy atom. The van der Waals surface area contributed by atoms with E-state index in [9.17, 15) is 4.79 Å². The van der Waals surface area contributed by atoms with Crippen molar-refractivity contribution in [2.24, 2.45) is 0 Å². The van der Waals surface area contributed by atoms with Gasteiger partial charge in [-0.1, -0.05) is 0 Å². The molecular weight excluding hydrogens is 320 g/mol. The summed E-state index contributed by atoms with van der Waals surface area (Å²) in [5.41, 5.74) is 1.58. The minimum Gasteiger partial charge on any atom is -0.497 e. The summed E-state index contributed by atoms with van der Waals surface area (Å²) < 4.78 is 15.8. The molecule has 0 unspecified atom stereocenters. The van der Waals surface area contributed by atoms with E-state index in [0.717, 1.165) is 22.9 Å². The molecule has 1 amide bonds. The highest BCUT2D eigenvalue weighted by molar-refractivity contribution is 5.93. The van der Waals surface area contributed by atoms with E-state index in [1.165, 1.54) is 0 Å². The molecule has 6 heteroatoms. The van der Waals surface area contributed by atoms with Gasteiger partial charge >= 0.3 is 0 Å². The minimum absolute atomic E-state index is 0.124. The lowest BCUT2D eigenvalue weighted by Crippen LogP contribution is -2.21. The maximum absolute atomic E-state index is 12.0. The molecule has 2 aromatic carbocycles. The fraction of sp³-hybridized carbons (Fsp3) is 0.316. The van der Waals surface area contributed by atoms with Gasteiger partial charge in [-0.15, -0.1) is 0 Å². The van der Waals surface area contributed by atoms with E-state index in [1.807, 2.05) is 43.3 Å². The highest BCUT2D eigenvalue weighted by Gasteiger charge is 2.03. The van der Waals surface area contributed by atoms with Gasteiger partial charge in [-0.25, -0.2) is 0 Å². The van der Waals surface area contributed by atoms with Crippen LogP contribution in [0.2, 0.25) is 0 Å². The van der Waals surface area contributed by atoms with E-state index in [1.54, 1.807) is 19.2 Å². The van der Waals surface area contributed by atoms with E-state index in [0.29, 0.717) is 19.8 Å². The number of benzene rings is 2. The Morgan fingerprint density at radius 3 is 2.20 bits per heavy atom. The second-order valence-corrected chi connectivity index (χ2v) is 5.20. The summed E-state index contributed by atoms with van der Waals surface area (Å²) in [4.78, 5) is 12.0. The third-order valence-corrected chi connectivity index (χ3v) is 3.38. The van der Waals surface area contributed by atoms with Crippen molar-refractivity contribution >= 4 is 17.3 Å². The van der Waals surface area contributed by atoms with Crippen molar-refractivity contribution in [1.82, 2.24) is 0 Å². The average molecular weight is 344 g/mol. The van der Waals surface area contributed by atoms with Crippen molar-refractivity contribution < 1.29 is 19.0 Å². The normalized spacial score (nSPS) is 10.2. The van der Waals surface area contributed by atoms with Gasteiger partial charge in [0, 0.05) is 18.0 Å². The van der Waals surface area contributed by atoms with E-state index < -0.39 is 0 Å². The lowest BCUT2D eigenvalue weighted by Gasteiger charge is -2.10. The van der Waals surface area contributed by atoms with Gasteiger partial charge in [0.25, 0.3) is 0 Å². The largest absolute Gasteiger partial charge is 0.497 e. The first-order valence-electron chi connectivity index (χ1n) is 8.19. The van der Waals surface area contributed by atoms with Crippen molar-refractivity contribution in [3.05, 3.63) is 48.5 Å². The number of carbonyl (C=O) groups is 1. The van der Waals surface area contributed by atoms with Gasteiger partial charge in [0.2, 0.25) is 5.91 Å². The molecule has 0 atom stereocenters. The lowest BCUT2D eigenvalue weighted by molar-refractivity contribution is -0.114. The molecule has 0 bridgehead atoms. The summed E-state index contributed by atoms with van der Waals surface area (Å²) in [6, 6.07) is 14.6.